The van der Waals surface area contributed by atoms with E-state index in [9.17, 15) is 30.0 Å². The molecule has 0 fully saturated rings. The molecule has 0 spiro atoms. The van der Waals surface area contributed by atoms with Crippen molar-refractivity contribution in [2.24, 2.45) is 0 Å². The van der Waals surface area contributed by atoms with Gasteiger partial charge in [-0.1, -0.05) is 77.6 Å². The van der Waals surface area contributed by atoms with E-state index in [0.29, 0.717) is 11.5 Å². The molecule has 2 atom stereocenters. The normalized spacial score (nSPS) is 12.8. The summed E-state index contributed by atoms with van der Waals surface area (Å²) < 4.78 is 0. The number of aliphatic carboxylic acids is 2. The fourth-order valence-electron chi connectivity index (χ4n) is 5.14. The predicted octanol–water partition coefficient (Wildman–Crippen LogP) is 7.89. The number of phenols is 2. The molecule has 4 N–H and O–H groups in total. The highest BCUT2D eigenvalue weighted by molar-refractivity contribution is 8.01. The number of phenolic OH excluding ortho intramolecular Hbond substituents is 2. The fourth-order valence-corrected chi connectivity index (χ4v) is 6.35. The van der Waals surface area contributed by atoms with Crippen LogP contribution in [-0.2, 0) is 48.1 Å². The zero-order valence-corrected chi connectivity index (χ0v) is 26.2. The smallest absolute Gasteiger partial charge is 0.316 e. The van der Waals surface area contributed by atoms with E-state index < -0.39 is 22.4 Å². The van der Waals surface area contributed by atoms with E-state index >= 15 is 0 Å². The molecule has 7 heteroatoms. The number of carbonyl (C=O) groups is 2. The zero-order valence-electron chi connectivity index (χ0n) is 25.4. The van der Waals surface area contributed by atoms with Crippen LogP contribution in [0.15, 0.2) is 24.3 Å². The molecular weight excluding hydrogens is 536 g/mol. The van der Waals surface area contributed by atoms with Crippen molar-refractivity contribution in [1.29, 1.82) is 0 Å². The topological polar surface area (TPSA) is 115 Å². The Kier molecular flexibility index (Phi) is 15.2. The van der Waals surface area contributed by atoms with E-state index in [1.807, 2.05) is 24.3 Å². The summed E-state index contributed by atoms with van der Waals surface area (Å²) in [5.41, 5.74) is 4.98. The highest BCUT2D eigenvalue weighted by atomic mass is 32.2. The average molecular weight is 587 g/mol. The minimum atomic E-state index is -1.04. The van der Waals surface area contributed by atoms with E-state index in [1.165, 1.54) is 0 Å². The number of unbranched alkanes of at least 4 members (excludes halogenated alkanes) is 4. The van der Waals surface area contributed by atoms with Crippen molar-refractivity contribution < 1.29 is 30.0 Å². The van der Waals surface area contributed by atoms with Crippen LogP contribution in [0.5, 0.6) is 11.5 Å². The number of rotatable bonds is 20. The molecule has 0 amide bonds. The third-order valence-corrected chi connectivity index (χ3v) is 8.97. The van der Waals surface area contributed by atoms with Gasteiger partial charge in [0.15, 0.2) is 0 Å². The molecule has 0 aliphatic heterocycles. The van der Waals surface area contributed by atoms with Gasteiger partial charge in [0.2, 0.25) is 0 Å². The van der Waals surface area contributed by atoms with Gasteiger partial charge in [-0.05, 0) is 97.6 Å². The average Bonchev–Trinajstić information content (AvgIpc) is 2.94. The van der Waals surface area contributed by atoms with Crippen molar-refractivity contribution in [1.82, 2.24) is 0 Å². The largest absolute Gasteiger partial charge is 0.507 e. The number of benzene rings is 2. The molecule has 0 saturated heterocycles. The van der Waals surface area contributed by atoms with Crippen LogP contribution >= 0.6 is 11.8 Å². The molecule has 2 unspecified atom stereocenters. The zero-order chi connectivity index (χ0) is 30.4. The highest BCUT2D eigenvalue weighted by Gasteiger charge is 2.29. The second-order valence-corrected chi connectivity index (χ2v) is 12.5. The molecular formula is C34H50O6S. The van der Waals surface area contributed by atoms with Gasteiger partial charge in [-0.3, -0.25) is 9.59 Å². The number of hydrogen-bond donors (Lipinski definition) is 4. The van der Waals surface area contributed by atoms with Gasteiger partial charge in [-0.2, -0.15) is 0 Å². The first-order valence-electron chi connectivity index (χ1n) is 15.4. The van der Waals surface area contributed by atoms with Gasteiger partial charge in [0.25, 0.3) is 0 Å². The second-order valence-electron chi connectivity index (χ2n) is 11.1. The Hall–Kier alpha value is -2.67. The van der Waals surface area contributed by atoms with E-state index in [-0.39, 0.29) is 12.8 Å². The van der Waals surface area contributed by atoms with Crippen molar-refractivity contribution >= 4 is 23.7 Å². The standard InChI is InChI=1S/C34H50O6S/c1-5-9-13-25-17-23(18-26(31(25)35)14-10-6-2)21-29(33(37)38)41-30(34(39)40)22-24-19-27(15-11-7-3)32(36)28(20-24)16-12-8-4/h17-20,29-30,35-36H,5-16,21-22H2,1-4H3,(H,37,38)(H,39,40). The molecule has 0 heterocycles. The number of carboxylic acids is 2. The summed E-state index contributed by atoms with van der Waals surface area (Å²) in [5.74, 6) is -1.47. The van der Waals surface area contributed by atoms with Gasteiger partial charge in [0.1, 0.15) is 22.0 Å². The lowest BCUT2D eigenvalue weighted by Crippen LogP contribution is -2.28. The van der Waals surface area contributed by atoms with Crippen LogP contribution < -0.4 is 0 Å². The first-order valence-corrected chi connectivity index (χ1v) is 16.4. The maximum absolute atomic E-state index is 12.4. The quantitative estimate of drug-likeness (QED) is 0.125. The molecule has 0 saturated carbocycles. The van der Waals surface area contributed by atoms with Gasteiger partial charge in [-0.25, -0.2) is 0 Å². The van der Waals surface area contributed by atoms with Gasteiger partial charge >= 0.3 is 11.9 Å². The Morgan fingerprint density at radius 3 is 1.07 bits per heavy atom. The molecule has 2 aromatic carbocycles. The van der Waals surface area contributed by atoms with E-state index in [1.54, 1.807) is 0 Å². The van der Waals surface area contributed by atoms with Gasteiger partial charge < -0.3 is 20.4 Å². The Morgan fingerprint density at radius 2 is 0.854 bits per heavy atom. The van der Waals surface area contributed by atoms with Crippen LogP contribution in [0.25, 0.3) is 0 Å². The monoisotopic (exact) mass is 586 g/mol. The molecule has 0 aliphatic carbocycles. The van der Waals surface area contributed by atoms with Crippen LogP contribution in [0, 0.1) is 0 Å². The minimum absolute atomic E-state index is 0.182. The van der Waals surface area contributed by atoms with Crippen LogP contribution in [0.4, 0.5) is 0 Å². The number of aryl methyl sites for hydroxylation is 4. The molecule has 2 rings (SSSR count). The number of carboxylic acid groups (broad SMARTS) is 2. The molecule has 228 valence electrons. The molecule has 41 heavy (non-hydrogen) atoms. The Morgan fingerprint density at radius 1 is 0.585 bits per heavy atom. The SMILES string of the molecule is CCCCc1cc(CC(SC(Cc2cc(CCCC)c(O)c(CCCC)c2)C(=O)O)C(=O)O)cc(CCCC)c1O. The van der Waals surface area contributed by atoms with E-state index in [0.717, 1.165) is 122 Å². The first kappa shape index (κ1) is 34.5. The number of hydrogen-bond acceptors (Lipinski definition) is 5. The van der Waals surface area contributed by atoms with Crippen LogP contribution in [0.1, 0.15) is 112 Å². The first-order chi connectivity index (χ1) is 19.6. The van der Waals surface area contributed by atoms with Crippen molar-refractivity contribution in [3.63, 3.8) is 0 Å². The highest BCUT2D eigenvalue weighted by Crippen LogP contribution is 2.33. The molecule has 0 aromatic heterocycles. The number of thioether (sulfide) groups is 1. The second kappa shape index (κ2) is 18.0. The third-order valence-electron chi connectivity index (χ3n) is 7.58. The van der Waals surface area contributed by atoms with Crippen LogP contribution in [0.3, 0.4) is 0 Å². The maximum atomic E-state index is 12.4. The van der Waals surface area contributed by atoms with Crippen molar-refractivity contribution in [3.05, 3.63) is 57.6 Å². The van der Waals surface area contributed by atoms with Crippen molar-refractivity contribution in [2.75, 3.05) is 0 Å². The summed E-state index contributed by atoms with van der Waals surface area (Å²) in [4.78, 5) is 24.8. The Labute approximate surface area is 250 Å². The maximum Gasteiger partial charge on any atom is 0.316 e. The van der Waals surface area contributed by atoms with Crippen molar-refractivity contribution in [3.8, 4) is 11.5 Å². The van der Waals surface area contributed by atoms with Gasteiger partial charge in [0, 0.05) is 0 Å². The molecule has 0 aliphatic rings. The van der Waals surface area contributed by atoms with Crippen LogP contribution in [-0.4, -0.2) is 42.9 Å². The van der Waals surface area contributed by atoms with E-state index in [2.05, 4.69) is 27.7 Å². The van der Waals surface area contributed by atoms with Crippen molar-refractivity contribution in [2.45, 2.75) is 128 Å². The molecule has 0 bridgehead atoms. The predicted molar refractivity (Wildman–Crippen MR) is 169 cm³/mol. The molecule has 2 aromatic rings. The lowest BCUT2D eigenvalue weighted by atomic mass is 9.95. The summed E-state index contributed by atoms with van der Waals surface area (Å²) in [5, 5.41) is 40.1. The summed E-state index contributed by atoms with van der Waals surface area (Å²) in [7, 11) is 0. The molecule has 0 radical (unpaired) electrons. The summed E-state index contributed by atoms with van der Waals surface area (Å²) >= 11 is 0.975. The fraction of sp³-hybridized carbons (Fsp3) is 0.588. The summed E-state index contributed by atoms with van der Waals surface area (Å²) in [6, 6.07) is 7.58. The van der Waals surface area contributed by atoms with E-state index in [4.69, 9.17) is 0 Å². The lowest BCUT2D eigenvalue weighted by molar-refractivity contribution is -0.136. The minimum Gasteiger partial charge on any atom is -0.507 e. The lowest BCUT2D eigenvalue weighted by Gasteiger charge is -2.20. The molecule has 6 nitrogen and oxygen atoms in total. The third kappa shape index (κ3) is 10.9. The number of aromatic hydroxyl groups is 2. The van der Waals surface area contributed by atoms with Gasteiger partial charge in [0.05, 0.1) is 0 Å². The summed E-state index contributed by atoms with van der Waals surface area (Å²) in [6.45, 7) is 8.37. The van der Waals surface area contributed by atoms with Crippen LogP contribution in [0.2, 0.25) is 0 Å². The Balaban J connectivity index is 2.36. The summed E-state index contributed by atoms with van der Waals surface area (Å²) in [6.07, 6.45) is 10.9. The Bertz CT molecular complexity index is 983. The van der Waals surface area contributed by atoms with Gasteiger partial charge in [-0.15, -0.1) is 11.8 Å².